The number of nitrogens with one attached hydrogen (secondary N) is 1. The fourth-order valence-electron chi connectivity index (χ4n) is 2.21. The third kappa shape index (κ3) is 3.75. The molecule has 0 aliphatic heterocycles. The minimum atomic E-state index is -0.927. The highest BCUT2D eigenvalue weighted by Gasteiger charge is 2.24. The molecule has 4 N–H and O–H groups in total. The lowest BCUT2D eigenvalue weighted by Crippen LogP contribution is -2.28. The molecule has 2 aromatic rings. The number of carbonyl (C=O) groups is 1. The van der Waals surface area contributed by atoms with E-state index in [-0.39, 0.29) is 0 Å². The van der Waals surface area contributed by atoms with E-state index in [1.165, 1.54) is 0 Å². The number of nitrogens with zero attached hydrogens (tertiary/aromatic N) is 1. The van der Waals surface area contributed by atoms with E-state index < -0.39 is 11.9 Å². The number of amides is 1. The second-order valence-electron chi connectivity index (χ2n) is 4.85. The Labute approximate surface area is 143 Å². The van der Waals surface area contributed by atoms with Crippen LogP contribution < -0.4 is 11.1 Å². The van der Waals surface area contributed by atoms with Gasteiger partial charge in [-0.2, -0.15) is 0 Å². The van der Waals surface area contributed by atoms with Gasteiger partial charge in [0, 0.05) is 26.9 Å². The van der Waals surface area contributed by atoms with Crippen LogP contribution in [0.25, 0.3) is 0 Å². The summed E-state index contributed by atoms with van der Waals surface area (Å²) < 4.78 is 0. The molecule has 2 rings (SSSR count). The maximum absolute atomic E-state index is 11.9. The van der Waals surface area contributed by atoms with Crippen LogP contribution in [0.2, 0.25) is 10.0 Å². The van der Waals surface area contributed by atoms with Crippen LogP contribution in [0, 0.1) is 0 Å². The highest BCUT2D eigenvalue weighted by molar-refractivity contribution is 6.36. The van der Waals surface area contributed by atoms with Gasteiger partial charge in [0.25, 0.3) is 0 Å². The standard InChI is InChI=1S/C16H15Cl2N3O2/c1-9(21-23)10-5-2-3-8-13(10)20-15(16(19)22)14-11(17)6-4-7-12(14)18/h2-8,15,20,23H,1H3,(H2,19,22)/b21-9+. The summed E-state index contributed by atoms with van der Waals surface area (Å²) in [7, 11) is 0. The summed E-state index contributed by atoms with van der Waals surface area (Å²) in [5.41, 5.74) is 7.51. The van der Waals surface area contributed by atoms with Gasteiger partial charge in [0.1, 0.15) is 6.04 Å². The van der Waals surface area contributed by atoms with Crippen molar-refractivity contribution in [1.29, 1.82) is 0 Å². The zero-order chi connectivity index (χ0) is 17.0. The molecule has 23 heavy (non-hydrogen) atoms. The van der Waals surface area contributed by atoms with Gasteiger partial charge in [-0.05, 0) is 25.1 Å². The van der Waals surface area contributed by atoms with Crippen LogP contribution in [0.15, 0.2) is 47.6 Å². The number of primary amides is 1. The van der Waals surface area contributed by atoms with Gasteiger partial charge in [-0.15, -0.1) is 0 Å². The van der Waals surface area contributed by atoms with E-state index >= 15 is 0 Å². The molecule has 0 aliphatic rings. The van der Waals surface area contributed by atoms with Crippen molar-refractivity contribution in [2.24, 2.45) is 10.9 Å². The summed E-state index contributed by atoms with van der Waals surface area (Å²) in [4.78, 5) is 11.9. The molecule has 0 heterocycles. The monoisotopic (exact) mass is 351 g/mol. The Morgan fingerprint density at radius 1 is 1.17 bits per heavy atom. The van der Waals surface area contributed by atoms with E-state index in [2.05, 4.69) is 10.5 Å². The van der Waals surface area contributed by atoms with Gasteiger partial charge in [-0.3, -0.25) is 4.79 Å². The molecule has 0 aliphatic carbocycles. The number of para-hydroxylation sites is 1. The maximum Gasteiger partial charge on any atom is 0.244 e. The van der Waals surface area contributed by atoms with E-state index in [9.17, 15) is 4.79 Å². The zero-order valence-electron chi connectivity index (χ0n) is 12.3. The first-order valence-corrected chi connectivity index (χ1v) is 7.49. The lowest BCUT2D eigenvalue weighted by atomic mass is 10.0. The Morgan fingerprint density at radius 3 is 2.35 bits per heavy atom. The molecule has 1 atom stereocenters. The number of hydrogen-bond acceptors (Lipinski definition) is 4. The lowest BCUT2D eigenvalue weighted by molar-refractivity contribution is -0.118. The van der Waals surface area contributed by atoms with Crippen LogP contribution in [-0.4, -0.2) is 16.8 Å². The van der Waals surface area contributed by atoms with E-state index in [1.54, 1.807) is 49.4 Å². The van der Waals surface area contributed by atoms with Gasteiger partial charge < -0.3 is 16.3 Å². The highest BCUT2D eigenvalue weighted by atomic mass is 35.5. The second-order valence-corrected chi connectivity index (χ2v) is 5.66. The third-order valence-electron chi connectivity index (χ3n) is 3.34. The van der Waals surface area contributed by atoms with Crippen LogP contribution in [0.4, 0.5) is 5.69 Å². The summed E-state index contributed by atoms with van der Waals surface area (Å²) in [6, 6.07) is 11.1. The summed E-state index contributed by atoms with van der Waals surface area (Å²) in [5, 5.41) is 15.9. The number of anilines is 1. The number of halogens is 2. The quantitative estimate of drug-likeness (QED) is 0.434. The topological polar surface area (TPSA) is 87.7 Å². The number of hydrogen-bond donors (Lipinski definition) is 3. The predicted molar refractivity (Wildman–Crippen MR) is 92.5 cm³/mol. The van der Waals surface area contributed by atoms with Crippen molar-refractivity contribution in [3.05, 3.63) is 63.6 Å². The highest BCUT2D eigenvalue weighted by Crippen LogP contribution is 2.33. The number of rotatable bonds is 5. The van der Waals surface area contributed by atoms with Crippen LogP contribution in [0.5, 0.6) is 0 Å². The number of nitrogens with two attached hydrogens (primary N) is 1. The molecule has 1 unspecified atom stereocenters. The normalized spacial score (nSPS) is 12.7. The van der Waals surface area contributed by atoms with Gasteiger partial charge >= 0.3 is 0 Å². The van der Waals surface area contributed by atoms with Crippen LogP contribution >= 0.6 is 23.2 Å². The SMILES string of the molecule is C/C(=N\O)c1ccccc1NC(C(N)=O)c1c(Cl)cccc1Cl. The van der Waals surface area contributed by atoms with Crippen molar-refractivity contribution in [3.8, 4) is 0 Å². The summed E-state index contributed by atoms with van der Waals surface area (Å²) in [6.45, 7) is 1.64. The average molecular weight is 352 g/mol. The summed E-state index contributed by atoms with van der Waals surface area (Å²) in [6.07, 6.45) is 0. The zero-order valence-corrected chi connectivity index (χ0v) is 13.8. The van der Waals surface area contributed by atoms with Crippen molar-refractivity contribution < 1.29 is 10.0 Å². The van der Waals surface area contributed by atoms with Gasteiger partial charge in [0.05, 0.1) is 5.71 Å². The Hall–Kier alpha value is -2.24. The maximum atomic E-state index is 11.9. The molecule has 7 heteroatoms. The van der Waals surface area contributed by atoms with Gasteiger partial charge in [-0.25, -0.2) is 0 Å². The molecule has 0 spiro atoms. The van der Waals surface area contributed by atoms with Crippen molar-refractivity contribution in [2.75, 3.05) is 5.32 Å². The number of oxime groups is 1. The molecule has 0 radical (unpaired) electrons. The molecule has 0 saturated heterocycles. The van der Waals surface area contributed by atoms with Crippen LogP contribution in [0.3, 0.4) is 0 Å². The largest absolute Gasteiger partial charge is 0.411 e. The molecule has 1 amide bonds. The molecule has 0 saturated carbocycles. The van der Waals surface area contributed by atoms with Crippen molar-refractivity contribution in [1.82, 2.24) is 0 Å². The minimum Gasteiger partial charge on any atom is -0.411 e. The summed E-state index contributed by atoms with van der Waals surface area (Å²) >= 11 is 12.3. The Kier molecular flexibility index (Phi) is 5.47. The van der Waals surface area contributed by atoms with Gasteiger partial charge in [0.2, 0.25) is 5.91 Å². The first kappa shape index (κ1) is 17.1. The van der Waals surface area contributed by atoms with Gasteiger partial charge in [0.15, 0.2) is 0 Å². The molecular formula is C16H15Cl2N3O2. The Bertz CT molecular complexity index is 742. The first-order chi connectivity index (χ1) is 11.0. The van der Waals surface area contributed by atoms with E-state index in [0.29, 0.717) is 32.6 Å². The Balaban J connectivity index is 2.49. The number of benzene rings is 2. The predicted octanol–water partition coefficient (Wildman–Crippen LogP) is 3.83. The fourth-order valence-corrected chi connectivity index (χ4v) is 2.82. The minimum absolute atomic E-state index is 0.332. The van der Waals surface area contributed by atoms with Crippen molar-refractivity contribution >= 4 is 40.5 Å². The summed E-state index contributed by atoms with van der Waals surface area (Å²) in [5.74, 6) is -0.631. The lowest BCUT2D eigenvalue weighted by Gasteiger charge is -2.21. The van der Waals surface area contributed by atoms with E-state index in [4.69, 9.17) is 34.1 Å². The molecular weight excluding hydrogens is 337 g/mol. The molecule has 0 fully saturated rings. The molecule has 0 aromatic heterocycles. The number of carbonyl (C=O) groups excluding carboxylic acids is 1. The first-order valence-electron chi connectivity index (χ1n) is 6.73. The Morgan fingerprint density at radius 2 is 1.78 bits per heavy atom. The van der Waals surface area contributed by atoms with Crippen LogP contribution in [-0.2, 0) is 4.79 Å². The van der Waals surface area contributed by atoms with Crippen molar-refractivity contribution in [2.45, 2.75) is 13.0 Å². The van der Waals surface area contributed by atoms with Gasteiger partial charge in [-0.1, -0.05) is 52.6 Å². The van der Waals surface area contributed by atoms with E-state index in [0.717, 1.165) is 0 Å². The fraction of sp³-hybridized carbons (Fsp3) is 0.125. The molecule has 0 bridgehead atoms. The molecule has 2 aromatic carbocycles. The second kappa shape index (κ2) is 7.35. The smallest absolute Gasteiger partial charge is 0.244 e. The third-order valence-corrected chi connectivity index (χ3v) is 4.00. The van der Waals surface area contributed by atoms with Crippen molar-refractivity contribution in [3.63, 3.8) is 0 Å². The van der Waals surface area contributed by atoms with Crippen LogP contribution in [0.1, 0.15) is 24.1 Å². The molecule has 120 valence electrons. The average Bonchev–Trinajstić information content (AvgIpc) is 2.53. The van der Waals surface area contributed by atoms with E-state index in [1.807, 2.05) is 0 Å². The molecule has 5 nitrogen and oxygen atoms in total.